The van der Waals surface area contributed by atoms with Gasteiger partial charge in [-0.2, -0.15) is 0 Å². The number of nitrogens with one attached hydrogen (secondary N) is 2. The Morgan fingerprint density at radius 2 is 2.05 bits per heavy atom. The SMILES string of the molecule is CNS(=O)(=O)c1ccc(N)c(NCCCC(N)=O)c1. The molecule has 1 aromatic rings. The predicted molar refractivity (Wildman–Crippen MR) is 74.0 cm³/mol. The van der Waals surface area contributed by atoms with Crippen molar-refractivity contribution in [3.8, 4) is 0 Å². The number of nitrogens with two attached hydrogens (primary N) is 2. The zero-order valence-electron chi connectivity index (χ0n) is 10.6. The highest BCUT2D eigenvalue weighted by molar-refractivity contribution is 7.89. The Morgan fingerprint density at radius 3 is 2.63 bits per heavy atom. The number of rotatable bonds is 7. The lowest BCUT2D eigenvalue weighted by molar-refractivity contribution is -0.118. The summed E-state index contributed by atoms with van der Waals surface area (Å²) >= 11 is 0. The number of hydrogen-bond acceptors (Lipinski definition) is 5. The van der Waals surface area contributed by atoms with Gasteiger partial charge in [0, 0.05) is 13.0 Å². The van der Waals surface area contributed by atoms with Crippen LogP contribution in [0.1, 0.15) is 12.8 Å². The van der Waals surface area contributed by atoms with Gasteiger partial charge in [0.15, 0.2) is 0 Å². The van der Waals surface area contributed by atoms with Gasteiger partial charge in [0.1, 0.15) is 0 Å². The van der Waals surface area contributed by atoms with Crippen LogP contribution in [0.4, 0.5) is 11.4 Å². The normalized spacial score (nSPS) is 11.2. The van der Waals surface area contributed by atoms with E-state index < -0.39 is 10.0 Å². The lowest BCUT2D eigenvalue weighted by Gasteiger charge is -2.11. The highest BCUT2D eigenvalue weighted by Gasteiger charge is 2.12. The number of carbonyl (C=O) groups excluding carboxylic acids is 1. The van der Waals surface area contributed by atoms with E-state index in [-0.39, 0.29) is 17.2 Å². The Kier molecular flexibility index (Phi) is 5.13. The van der Waals surface area contributed by atoms with Crippen molar-refractivity contribution < 1.29 is 13.2 Å². The first-order valence-electron chi connectivity index (χ1n) is 5.72. The second-order valence-corrected chi connectivity index (χ2v) is 5.84. The molecule has 0 radical (unpaired) electrons. The first-order chi connectivity index (χ1) is 8.86. The summed E-state index contributed by atoms with van der Waals surface area (Å²) in [4.78, 5) is 10.7. The highest BCUT2D eigenvalue weighted by atomic mass is 32.2. The maximum atomic E-state index is 11.6. The molecule has 1 aromatic carbocycles. The summed E-state index contributed by atoms with van der Waals surface area (Å²) in [6.07, 6.45) is 0.819. The monoisotopic (exact) mass is 286 g/mol. The molecule has 6 N–H and O–H groups in total. The van der Waals surface area contributed by atoms with Crippen LogP contribution >= 0.6 is 0 Å². The van der Waals surface area contributed by atoms with E-state index in [2.05, 4.69) is 10.0 Å². The van der Waals surface area contributed by atoms with Crippen LogP contribution in [0.3, 0.4) is 0 Å². The van der Waals surface area contributed by atoms with Crippen molar-refractivity contribution in [1.82, 2.24) is 4.72 Å². The maximum Gasteiger partial charge on any atom is 0.240 e. The van der Waals surface area contributed by atoms with Gasteiger partial charge in [-0.05, 0) is 31.7 Å². The van der Waals surface area contributed by atoms with Crippen LogP contribution in [0.5, 0.6) is 0 Å². The minimum Gasteiger partial charge on any atom is -0.397 e. The van der Waals surface area contributed by atoms with Crippen LogP contribution in [-0.2, 0) is 14.8 Å². The topological polar surface area (TPSA) is 127 Å². The van der Waals surface area contributed by atoms with Gasteiger partial charge >= 0.3 is 0 Å². The van der Waals surface area contributed by atoms with E-state index in [1.165, 1.54) is 25.2 Å². The molecular formula is C11H18N4O3S. The Bertz CT molecular complexity index is 557. The molecule has 0 fully saturated rings. The van der Waals surface area contributed by atoms with Crippen molar-refractivity contribution in [2.24, 2.45) is 5.73 Å². The number of amides is 1. The molecule has 0 bridgehead atoms. The van der Waals surface area contributed by atoms with Crippen molar-refractivity contribution >= 4 is 27.3 Å². The lowest BCUT2D eigenvalue weighted by Crippen LogP contribution is -2.19. The molecule has 0 aliphatic heterocycles. The van der Waals surface area contributed by atoms with Gasteiger partial charge in [0.25, 0.3) is 0 Å². The standard InChI is InChI=1S/C11H18N4O3S/c1-14-19(17,18)8-4-5-9(12)10(7-8)15-6-2-3-11(13)16/h4-5,7,14-15H,2-3,6,12H2,1H3,(H2,13,16). The van der Waals surface area contributed by atoms with Gasteiger partial charge in [-0.1, -0.05) is 0 Å². The third-order valence-electron chi connectivity index (χ3n) is 2.52. The molecule has 0 unspecified atom stereocenters. The van der Waals surface area contributed by atoms with Crippen molar-refractivity contribution in [1.29, 1.82) is 0 Å². The Balaban J connectivity index is 2.78. The summed E-state index contributed by atoms with van der Waals surface area (Å²) in [5.41, 5.74) is 11.7. The van der Waals surface area contributed by atoms with E-state index in [9.17, 15) is 13.2 Å². The third-order valence-corrected chi connectivity index (χ3v) is 3.93. The molecule has 0 aliphatic carbocycles. The Morgan fingerprint density at radius 1 is 1.37 bits per heavy atom. The Labute approximate surface area is 112 Å². The minimum atomic E-state index is -3.50. The molecule has 0 saturated heterocycles. The van der Waals surface area contributed by atoms with Crippen molar-refractivity contribution in [2.75, 3.05) is 24.6 Å². The van der Waals surface area contributed by atoms with Gasteiger partial charge in [-0.25, -0.2) is 13.1 Å². The molecule has 0 atom stereocenters. The fourth-order valence-corrected chi connectivity index (χ4v) is 2.22. The molecule has 0 aromatic heterocycles. The van der Waals surface area contributed by atoms with Crippen LogP contribution in [0, 0.1) is 0 Å². The molecule has 106 valence electrons. The van der Waals surface area contributed by atoms with Crippen molar-refractivity contribution in [3.05, 3.63) is 18.2 Å². The first kappa shape index (κ1) is 15.3. The second-order valence-electron chi connectivity index (χ2n) is 3.95. The maximum absolute atomic E-state index is 11.6. The van der Waals surface area contributed by atoms with E-state index >= 15 is 0 Å². The van der Waals surface area contributed by atoms with E-state index in [1.807, 2.05) is 0 Å². The largest absolute Gasteiger partial charge is 0.397 e. The molecule has 0 spiro atoms. The molecule has 0 heterocycles. The zero-order chi connectivity index (χ0) is 14.5. The van der Waals surface area contributed by atoms with Gasteiger partial charge in [0.05, 0.1) is 16.3 Å². The molecule has 19 heavy (non-hydrogen) atoms. The average molecular weight is 286 g/mol. The van der Waals surface area contributed by atoms with Gasteiger partial charge in [0.2, 0.25) is 15.9 Å². The minimum absolute atomic E-state index is 0.126. The Hall–Kier alpha value is -1.80. The number of sulfonamides is 1. The summed E-state index contributed by atoms with van der Waals surface area (Å²) < 4.78 is 25.5. The van der Waals surface area contributed by atoms with E-state index in [0.717, 1.165) is 0 Å². The molecule has 0 saturated carbocycles. The number of carbonyl (C=O) groups is 1. The second kappa shape index (κ2) is 6.39. The van der Waals surface area contributed by atoms with E-state index in [0.29, 0.717) is 24.3 Å². The molecule has 1 rings (SSSR count). The highest BCUT2D eigenvalue weighted by Crippen LogP contribution is 2.22. The van der Waals surface area contributed by atoms with Crippen molar-refractivity contribution in [3.63, 3.8) is 0 Å². The first-order valence-corrected chi connectivity index (χ1v) is 7.20. The van der Waals surface area contributed by atoms with Crippen molar-refractivity contribution in [2.45, 2.75) is 17.7 Å². The van der Waals surface area contributed by atoms with Gasteiger partial charge in [-0.3, -0.25) is 4.79 Å². The van der Waals surface area contributed by atoms with Crippen LogP contribution < -0.4 is 21.5 Å². The average Bonchev–Trinajstić information content (AvgIpc) is 2.36. The summed E-state index contributed by atoms with van der Waals surface area (Å²) in [6, 6.07) is 4.39. The predicted octanol–water partition coefficient (Wildman–Crippen LogP) is -0.146. The number of hydrogen-bond donors (Lipinski definition) is 4. The molecule has 7 nitrogen and oxygen atoms in total. The molecule has 1 amide bonds. The summed E-state index contributed by atoms with van der Waals surface area (Å²) in [5.74, 6) is -0.374. The molecular weight excluding hydrogens is 268 g/mol. The van der Waals surface area contributed by atoms with E-state index in [1.54, 1.807) is 0 Å². The van der Waals surface area contributed by atoms with Crippen LogP contribution in [0.2, 0.25) is 0 Å². The van der Waals surface area contributed by atoms with Gasteiger partial charge < -0.3 is 16.8 Å². The molecule has 0 aliphatic rings. The number of anilines is 2. The summed E-state index contributed by atoms with van der Waals surface area (Å²) in [5, 5.41) is 2.98. The summed E-state index contributed by atoms with van der Waals surface area (Å²) in [7, 11) is -2.16. The smallest absolute Gasteiger partial charge is 0.240 e. The lowest BCUT2D eigenvalue weighted by atomic mass is 10.2. The fraction of sp³-hybridized carbons (Fsp3) is 0.364. The quantitative estimate of drug-likeness (QED) is 0.409. The number of benzene rings is 1. The van der Waals surface area contributed by atoms with Crippen LogP contribution in [-0.4, -0.2) is 27.9 Å². The van der Waals surface area contributed by atoms with Gasteiger partial charge in [-0.15, -0.1) is 0 Å². The molecule has 8 heteroatoms. The van der Waals surface area contributed by atoms with Crippen LogP contribution in [0.25, 0.3) is 0 Å². The summed E-state index contributed by atoms with van der Waals surface area (Å²) in [6.45, 7) is 0.482. The number of primary amides is 1. The van der Waals surface area contributed by atoms with E-state index in [4.69, 9.17) is 11.5 Å². The fourth-order valence-electron chi connectivity index (χ4n) is 1.46. The number of nitrogen functional groups attached to an aromatic ring is 1. The zero-order valence-corrected chi connectivity index (χ0v) is 11.5. The van der Waals surface area contributed by atoms with Crippen LogP contribution in [0.15, 0.2) is 23.1 Å². The third kappa shape index (κ3) is 4.42.